The molecule has 3 aromatic rings. The first-order chi connectivity index (χ1) is 14.9. The zero-order chi connectivity index (χ0) is 22.0. The van der Waals surface area contributed by atoms with Crippen LogP contribution in [0, 0.1) is 13.8 Å². The second-order valence-electron chi connectivity index (χ2n) is 8.79. The highest BCUT2D eigenvalue weighted by Gasteiger charge is 2.22. The normalized spacial score (nSPS) is 15.2. The molecule has 0 spiro atoms. The van der Waals surface area contributed by atoms with Crippen LogP contribution < -0.4 is 0 Å². The number of amides is 1. The largest absolute Gasteiger partial charge is 0.340 e. The molecule has 31 heavy (non-hydrogen) atoms. The van der Waals surface area contributed by atoms with Crippen molar-refractivity contribution < 1.29 is 4.79 Å². The third-order valence-corrected chi connectivity index (χ3v) is 6.36. The molecule has 4 rings (SSSR count). The van der Waals surface area contributed by atoms with Gasteiger partial charge in [-0.25, -0.2) is 9.50 Å². The number of rotatable bonds is 6. The van der Waals surface area contributed by atoms with Gasteiger partial charge < -0.3 is 4.90 Å². The summed E-state index contributed by atoms with van der Waals surface area (Å²) in [5, 5.41) is 4.24. The van der Waals surface area contributed by atoms with Gasteiger partial charge in [-0.3, -0.25) is 9.69 Å². The van der Waals surface area contributed by atoms with Crippen molar-refractivity contribution in [2.24, 2.45) is 0 Å². The smallest absolute Gasteiger partial charge is 0.252 e. The highest BCUT2D eigenvalue weighted by atomic mass is 16.2. The maximum absolute atomic E-state index is 12.8. The molecule has 0 aliphatic carbocycles. The molecule has 2 aromatic heterocycles. The lowest BCUT2D eigenvalue weighted by Crippen LogP contribution is -2.48. The molecule has 1 fully saturated rings. The second-order valence-corrected chi connectivity index (χ2v) is 8.79. The number of benzene rings is 1. The molecule has 1 saturated heterocycles. The standard InChI is InChI=1S/C24H32N6O/c1-17(2)21-7-5-20(6-8-21)15-28-11-13-29(14-12-28)23(31)10-9-22-18(3)27-24-25-16-26-30(24)19(22)4/h5-8,16-17H,9-15H2,1-4H3. The average Bonchev–Trinajstić information content (AvgIpc) is 3.23. The summed E-state index contributed by atoms with van der Waals surface area (Å²) in [4.78, 5) is 25.9. The lowest BCUT2D eigenvalue weighted by atomic mass is 10.0. The molecular formula is C24H32N6O. The number of carbonyl (C=O) groups is 1. The number of piperazine rings is 1. The summed E-state index contributed by atoms with van der Waals surface area (Å²) in [5.41, 5.74) is 5.75. The number of aryl methyl sites for hydroxylation is 2. The molecule has 1 aliphatic heterocycles. The zero-order valence-corrected chi connectivity index (χ0v) is 19.0. The Morgan fingerprint density at radius 2 is 1.77 bits per heavy atom. The minimum atomic E-state index is 0.221. The van der Waals surface area contributed by atoms with E-state index >= 15 is 0 Å². The second kappa shape index (κ2) is 9.14. The summed E-state index contributed by atoms with van der Waals surface area (Å²) in [6.45, 7) is 12.8. The molecule has 0 N–H and O–H groups in total. The Hall–Kier alpha value is -2.80. The van der Waals surface area contributed by atoms with Crippen molar-refractivity contribution in [3.63, 3.8) is 0 Å². The predicted molar refractivity (Wildman–Crippen MR) is 121 cm³/mol. The van der Waals surface area contributed by atoms with Crippen molar-refractivity contribution >= 4 is 11.7 Å². The molecule has 7 nitrogen and oxygen atoms in total. The molecule has 0 bridgehead atoms. The SMILES string of the molecule is Cc1nc2ncnn2c(C)c1CCC(=O)N1CCN(Cc2ccc(C(C)C)cc2)CC1. The summed E-state index contributed by atoms with van der Waals surface area (Å²) in [6, 6.07) is 8.93. The van der Waals surface area contributed by atoms with Crippen LogP contribution in [0.4, 0.5) is 0 Å². The van der Waals surface area contributed by atoms with E-state index in [0.717, 1.165) is 49.7 Å². The van der Waals surface area contributed by atoms with Gasteiger partial charge in [0, 0.05) is 50.5 Å². The number of hydrogen-bond acceptors (Lipinski definition) is 5. The molecule has 0 unspecified atom stereocenters. The molecule has 1 aromatic carbocycles. The highest BCUT2D eigenvalue weighted by Crippen LogP contribution is 2.18. The molecule has 0 radical (unpaired) electrons. The third-order valence-electron chi connectivity index (χ3n) is 6.36. The van der Waals surface area contributed by atoms with Gasteiger partial charge in [-0.1, -0.05) is 38.1 Å². The van der Waals surface area contributed by atoms with E-state index in [0.29, 0.717) is 24.5 Å². The van der Waals surface area contributed by atoms with Crippen molar-refractivity contribution in [3.8, 4) is 0 Å². The monoisotopic (exact) mass is 420 g/mol. The fourth-order valence-electron chi connectivity index (χ4n) is 4.33. The minimum Gasteiger partial charge on any atom is -0.340 e. The third kappa shape index (κ3) is 4.77. The van der Waals surface area contributed by atoms with Gasteiger partial charge in [0.25, 0.3) is 5.78 Å². The van der Waals surface area contributed by atoms with E-state index < -0.39 is 0 Å². The fraction of sp³-hybridized carbons (Fsp3) is 0.500. The molecule has 0 saturated carbocycles. The van der Waals surface area contributed by atoms with Crippen molar-refractivity contribution in [2.45, 2.75) is 53.0 Å². The number of hydrogen-bond donors (Lipinski definition) is 0. The van der Waals surface area contributed by atoms with Gasteiger partial charge in [-0.05, 0) is 42.9 Å². The Balaban J connectivity index is 1.29. The molecule has 3 heterocycles. The van der Waals surface area contributed by atoms with Crippen LogP contribution in [0.1, 0.15) is 54.3 Å². The predicted octanol–water partition coefficient (Wildman–Crippen LogP) is 3.14. The van der Waals surface area contributed by atoms with Gasteiger partial charge >= 0.3 is 0 Å². The Morgan fingerprint density at radius 3 is 2.45 bits per heavy atom. The number of carbonyl (C=O) groups excluding carboxylic acids is 1. The Bertz CT molecular complexity index is 1050. The first-order valence-corrected chi connectivity index (χ1v) is 11.2. The maximum atomic E-state index is 12.8. The van der Waals surface area contributed by atoms with E-state index in [1.807, 2.05) is 18.7 Å². The summed E-state index contributed by atoms with van der Waals surface area (Å²) in [7, 11) is 0. The van der Waals surface area contributed by atoms with Gasteiger partial charge in [0.15, 0.2) is 0 Å². The van der Waals surface area contributed by atoms with E-state index in [1.54, 1.807) is 4.52 Å². The van der Waals surface area contributed by atoms with E-state index in [-0.39, 0.29) is 5.91 Å². The molecule has 7 heteroatoms. The minimum absolute atomic E-state index is 0.221. The lowest BCUT2D eigenvalue weighted by molar-refractivity contribution is -0.133. The van der Waals surface area contributed by atoms with Gasteiger partial charge in [0.05, 0.1) is 0 Å². The maximum Gasteiger partial charge on any atom is 0.252 e. The van der Waals surface area contributed by atoms with Crippen LogP contribution in [-0.4, -0.2) is 61.5 Å². The van der Waals surface area contributed by atoms with Crippen LogP contribution in [0.2, 0.25) is 0 Å². The van der Waals surface area contributed by atoms with Gasteiger partial charge in [-0.15, -0.1) is 0 Å². The summed E-state index contributed by atoms with van der Waals surface area (Å²) < 4.78 is 1.75. The van der Waals surface area contributed by atoms with Crippen LogP contribution in [0.5, 0.6) is 0 Å². The number of nitrogens with zero attached hydrogens (tertiary/aromatic N) is 6. The molecular weight excluding hydrogens is 388 g/mol. The number of aromatic nitrogens is 4. The Labute approximate surface area is 184 Å². The highest BCUT2D eigenvalue weighted by molar-refractivity contribution is 5.76. The van der Waals surface area contributed by atoms with E-state index in [1.165, 1.54) is 17.5 Å². The van der Waals surface area contributed by atoms with Gasteiger partial charge in [-0.2, -0.15) is 10.1 Å². The zero-order valence-electron chi connectivity index (χ0n) is 19.0. The fourth-order valence-corrected chi connectivity index (χ4v) is 4.33. The Kier molecular flexibility index (Phi) is 6.32. The van der Waals surface area contributed by atoms with Crippen LogP contribution in [0.15, 0.2) is 30.6 Å². The van der Waals surface area contributed by atoms with Crippen molar-refractivity contribution in [1.82, 2.24) is 29.4 Å². The number of fused-ring (bicyclic) bond motifs is 1. The van der Waals surface area contributed by atoms with Crippen LogP contribution >= 0.6 is 0 Å². The molecule has 1 aliphatic rings. The molecule has 1 amide bonds. The van der Waals surface area contributed by atoms with Crippen molar-refractivity contribution in [3.05, 3.63) is 58.7 Å². The topological polar surface area (TPSA) is 66.6 Å². The quantitative estimate of drug-likeness (QED) is 0.613. The van der Waals surface area contributed by atoms with Crippen LogP contribution in [-0.2, 0) is 17.8 Å². The molecule has 0 atom stereocenters. The van der Waals surface area contributed by atoms with Gasteiger partial charge in [0.1, 0.15) is 6.33 Å². The Morgan fingerprint density at radius 1 is 1.06 bits per heavy atom. The lowest BCUT2D eigenvalue weighted by Gasteiger charge is -2.35. The first-order valence-electron chi connectivity index (χ1n) is 11.2. The summed E-state index contributed by atoms with van der Waals surface area (Å²) in [5.74, 6) is 1.39. The van der Waals surface area contributed by atoms with Crippen molar-refractivity contribution in [1.29, 1.82) is 0 Å². The summed E-state index contributed by atoms with van der Waals surface area (Å²) in [6.07, 6.45) is 2.70. The van der Waals surface area contributed by atoms with Crippen LogP contribution in [0.3, 0.4) is 0 Å². The van der Waals surface area contributed by atoms with Crippen LogP contribution in [0.25, 0.3) is 5.78 Å². The average molecular weight is 421 g/mol. The van der Waals surface area contributed by atoms with E-state index in [9.17, 15) is 4.79 Å². The van der Waals surface area contributed by atoms with E-state index in [2.05, 4.69) is 58.1 Å². The van der Waals surface area contributed by atoms with E-state index in [4.69, 9.17) is 0 Å². The first kappa shape index (κ1) is 21.4. The van der Waals surface area contributed by atoms with Gasteiger partial charge in [0.2, 0.25) is 5.91 Å². The van der Waals surface area contributed by atoms with Crippen molar-refractivity contribution in [2.75, 3.05) is 26.2 Å². The molecule has 164 valence electrons. The summed E-state index contributed by atoms with van der Waals surface area (Å²) >= 11 is 0.